The highest BCUT2D eigenvalue weighted by Crippen LogP contribution is 2.29. The summed E-state index contributed by atoms with van der Waals surface area (Å²) >= 11 is 10.6. The van der Waals surface area contributed by atoms with Crippen molar-refractivity contribution < 1.29 is 14.4 Å². The Morgan fingerprint density at radius 2 is 1.31 bits per heavy atom. The summed E-state index contributed by atoms with van der Waals surface area (Å²) in [5.41, 5.74) is 0.569. The highest BCUT2D eigenvalue weighted by Gasteiger charge is 2.21. The minimum absolute atomic E-state index is 0.0429. The van der Waals surface area contributed by atoms with E-state index in [0.29, 0.717) is 0 Å². The molecule has 0 aliphatic carbocycles. The molecule has 0 spiro atoms. The van der Waals surface area contributed by atoms with Gasteiger partial charge in [-0.05, 0) is 12.1 Å². The third-order valence-electron chi connectivity index (χ3n) is 1.76. The molecule has 0 N–H and O–H groups in total. The van der Waals surface area contributed by atoms with Crippen LogP contribution in [0.15, 0.2) is 12.1 Å². The van der Waals surface area contributed by atoms with Crippen molar-refractivity contribution in [3.8, 4) is 0 Å². The van der Waals surface area contributed by atoms with Gasteiger partial charge in [-0.15, -0.1) is 0 Å². The van der Waals surface area contributed by atoms with E-state index in [9.17, 15) is 14.4 Å². The molecule has 16 heavy (non-hydrogen) atoms. The van der Waals surface area contributed by atoms with Crippen LogP contribution in [0.3, 0.4) is 0 Å². The van der Waals surface area contributed by atoms with E-state index in [1.165, 1.54) is 12.1 Å². The molecule has 3 nitrogen and oxygen atoms in total. The number of benzene rings is 1. The molecule has 0 aliphatic rings. The second kappa shape index (κ2) is 6.05. The molecular weight excluding hydrogens is 572 g/mol. The molecule has 0 aliphatic heterocycles. The molecule has 0 saturated carbocycles. The number of halogens is 4. The van der Waals surface area contributed by atoms with Crippen LogP contribution in [0.5, 0.6) is 0 Å². The molecular formula is C9H2ClI3O3. The number of hydrogen-bond donors (Lipinski definition) is 0. The van der Waals surface area contributed by atoms with E-state index in [-0.39, 0.29) is 33.1 Å². The van der Waals surface area contributed by atoms with Crippen LogP contribution < -0.4 is 0 Å². The van der Waals surface area contributed by atoms with Crippen LogP contribution in [0.2, 0.25) is 5.02 Å². The van der Waals surface area contributed by atoms with Crippen molar-refractivity contribution in [1.82, 2.24) is 0 Å². The summed E-state index contributed by atoms with van der Waals surface area (Å²) in [4.78, 5) is 33.9. The maximum Gasteiger partial charge on any atom is 0.224 e. The minimum Gasteiger partial charge on any atom is -0.282 e. The van der Waals surface area contributed by atoms with E-state index >= 15 is 0 Å². The third-order valence-corrected chi connectivity index (χ3v) is 3.86. The fourth-order valence-corrected chi connectivity index (χ4v) is 3.20. The Morgan fingerprint density at radius 1 is 0.875 bits per heavy atom. The smallest absolute Gasteiger partial charge is 0.224 e. The first-order valence-electron chi connectivity index (χ1n) is 3.78. The Kier molecular flexibility index (Phi) is 5.58. The number of hydrogen-bond acceptors (Lipinski definition) is 3. The average Bonchev–Trinajstić information content (AvgIpc) is 2.15. The summed E-state index contributed by atoms with van der Waals surface area (Å²) in [6.45, 7) is 0. The number of carbonyl (C=O) groups excluding carboxylic acids is 3. The summed E-state index contributed by atoms with van der Waals surface area (Å²) in [5, 5.41) is 0.0429. The van der Waals surface area contributed by atoms with Gasteiger partial charge >= 0.3 is 0 Å². The molecule has 0 bridgehead atoms. The predicted molar refractivity (Wildman–Crippen MR) is 86.5 cm³/mol. The SMILES string of the molecule is O=C(I)c1ccc(C(=O)I)c(C(=O)I)c1Cl. The Balaban J connectivity index is 3.60. The maximum absolute atomic E-state index is 11.4. The predicted octanol–water partition coefficient (Wildman–Crippen LogP) is 4.07. The summed E-state index contributed by atoms with van der Waals surface area (Å²) in [7, 11) is 0. The van der Waals surface area contributed by atoms with Gasteiger partial charge in [-0.25, -0.2) is 0 Å². The zero-order valence-electron chi connectivity index (χ0n) is 7.39. The fraction of sp³-hybridized carbons (Fsp3) is 0. The molecule has 0 fully saturated rings. The van der Waals surface area contributed by atoms with E-state index in [2.05, 4.69) is 0 Å². The van der Waals surface area contributed by atoms with Crippen molar-refractivity contribution in [2.24, 2.45) is 0 Å². The van der Waals surface area contributed by atoms with Gasteiger partial charge in [-0.3, -0.25) is 14.4 Å². The van der Waals surface area contributed by atoms with E-state index in [4.69, 9.17) is 11.6 Å². The lowest BCUT2D eigenvalue weighted by molar-refractivity contribution is 0.107. The van der Waals surface area contributed by atoms with Gasteiger partial charge in [0.15, 0.2) is 0 Å². The Hall–Kier alpha value is 0.710. The average molecular weight is 574 g/mol. The second-order valence-electron chi connectivity index (χ2n) is 2.67. The quantitative estimate of drug-likeness (QED) is 0.405. The van der Waals surface area contributed by atoms with Gasteiger partial charge in [0.25, 0.3) is 0 Å². The van der Waals surface area contributed by atoms with Crippen LogP contribution >= 0.6 is 79.4 Å². The molecule has 1 aromatic carbocycles. The number of rotatable bonds is 3. The monoisotopic (exact) mass is 574 g/mol. The van der Waals surface area contributed by atoms with Crippen LogP contribution in [-0.4, -0.2) is 11.4 Å². The second-order valence-corrected chi connectivity index (χ2v) is 5.99. The van der Waals surface area contributed by atoms with Gasteiger partial charge in [0, 0.05) is 78.9 Å². The molecule has 0 atom stereocenters. The molecule has 1 aromatic rings. The first kappa shape index (κ1) is 14.8. The lowest BCUT2D eigenvalue weighted by Gasteiger charge is -2.07. The molecule has 0 heterocycles. The van der Waals surface area contributed by atoms with Gasteiger partial charge in [0.1, 0.15) is 0 Å². The maximum atomic E-state index is 11.4. The van der Waals surface area contributed by atoms with Gasteiger partial charge in [-0.2, -0.15) is 0 Å². The van der Waals surface area contributed by atoms with Crippen molar-refractivity contribution in [2.75, 3.05) is 0 Å². The molecule has 0 amide bonds. The van der Waals surface area contributed by atoms with Gasteiger partial charge in [0.05, 0.1) is 10.6 Å². The highest BCUT2D eigenvalue weighted by molar-refractivity contribution is 14.1. The fourth-order valence-electron chi connectivity index (χ4n) is 1.08. The Morgan fingerprint density at radius 3 is 1.69 bits per heavy atom. The van der Waals surface area contributed by atoms with Crippen LogP contribution in [-0.2, 0) is 0 Å². The normalized spacial score (nSPS) is 10.0. The first-order valence-corrected chi connectivity index (χ1v) is 7.39. The molecule has 7 heteroatoms. The molecule has 0 saturated heterocycles. The van der Waals surface area contributed by atoms with E-state index < -0.39 is 0 Å². The van der Waals surface area contributed by atoms with Crippen LogP contribution in [0, 0.1) is 0 Å². The van der Waals surface area contributed by atoms with Crippen molar-refractivity contribution in [3.05, 3.63) is 33.8 Å². The number of carbonyl (C=O) groups is 3. The largest absolute Gasteiger partial charge is 0.282 e. The van der Waals surface area contributed by atoms with Crippen molar-refractivity contribution in [2.45, 2.75) is 0 Å². The van der Waals surface area contributed by atoms with Crippen molar-refractivity contribution in [1.29, 1.82) is 0 Å². The Bertz CT molecular complexity index is 499. The van der Waals surface area contributed by atoms with Gasteiger partial charge in [-0.1, -0.05) is 11.6 Å². The van der Waals surface area contributed by atoms with Gasteiger partial charge in [0.2, 0.25) is 11.4 Å². The lowest BCUT2D eigenvalue weighted by atomic mass is 10.1. The summed E-state index contributed by atoms with van der Waals surface area (Å²) < 4.78 is -0.914. The molecule has 0 unspecified atom stereocenters. The Labute approximate surface area is 137 Å². The molecule has 0 aromatic heterocycles. The topological polar surface area (TPSA) is 51.2 Å². The zero-order valence-corrected chi connectivity index (χ0v) is 14.6. The summed E-state index contributed by atoms with van der Waals surface area (Å²) in [6.07, 6.45) is 0. The lowest BCUT2D eigenvalue weighted by Crippen LogP contribution is -2.04. The third kappa shape index (κ3) is 3.13. The summed E-state index contributed by atoms with van der Waals surface area (Å²) in [5.74, 6) is 0. The molecule has 1 rings (SSSR count). The van der Waals surface area contributed by atoms with Crippen LogP contribution in [0.25, 0.3) is 0 Å². The molecule has 0 radical (unpaired) electrons. The van der Waals surface area contributed by atoms with E-state index in [1.807, 2.05) is 0 Å². The zero-order chi connectivity index (χ0) is 12.5. The standard InChI is InChI=1S/C9H2ClI3O3/c10-6-4(8(12)15)2-1-3(7(11)14)5(6)9(13)16/h1-2H. The van der Waals surface area contributed by atoms with Crippen molar-refractivity contribution in [3.63, 3.8) is 0 Å². The van der Waals surface area contributed by atoms with Gasteiger partial charge < -0.3 is 0 Å². The minimum atomic E-state index is -0.359. The molecule has 84 valence electrons. The van der Waals surface area contributed by atoms with Crippen LogP contribution in [0.4, 0.5) is 0 Å². The first-order chi connectivity index (χ1) is 7.36. The van der Waals surface area contributed by atoms with Crippen molar-refractivity contribution >= 4 is 90.7 Å². The summed E-state index contributed by atoms with van der Waals surface area (Å²) in [6, 6.07) is 2.89. The van der Waals surface area contributed by atoms with E-state index in [1.54, 1.807) is 67.8 Å². The highest BCUT2D eigenvalue weighted by atomic mass is 127. The van der Waals surface area contributed by atoms with Crippen LogP contribution in [0.1, 0.15) is 31.1 Å². The van der Waals surface area contributed by atoms with E-state index in [0.717, 1.165) is 0 Å².